The Bertz CT molecular complexity index is 208. The topological polar surface area (TPSA) is 33.1 Å². The summed E-state index contributed by atoms with van der Waals surface area (Å²) < 4.78 is 0. The second-order valence-corrected chi connectivity index (χ2v) is 4.30. The molecule has 0 aliphatic carbocycles. The highest BCUT2D eigenvalue weighted by Crippen LogP contribution is 2.15. The molecular formula is C9H15NOS. The predicted octanol–water partition coefficient (Wildman–Crippen LogP) is 2.09. The van der Waals surface area contributed by atoms with Crippen LogP contribution in [0.1, 0.15) is 25.3 Å². The molecule has 2 unspecified atom stereocenters. The molecule has 0 radical (unpaired) electrons. The van der Waals surface area contributed by atoms with Crippen LogP contribution in [0.5, 0.6) is 0 Å². The zero-order chi connectivity index (χ0) is 8.97. The molecule has 3 heteroatoms. The standard InChI is InChI=1S/C9H15NOS/c1-7(5-8(2)11)6-9-10-3-4-12-9/h3-4,7-8,11H,5-6H2,1-2H3. The highest BCUT2D eigenvalue weighted by molar-refractivity contribution is 7.09. The van der Waals surface area contributed by atoms with Crippen molar-refractivity contribution < 1.29 is 5.11 Å². The van der Waals surface area contributed by atoms with Gasteiger partial charge in [0.1, 0.15) is 0 Å². The van der Waals surface area contributed by atoms with E-state index in [1.165, 1.54) is 5.01 Å². The normalized spacial score (nSPS) is 15.9. The maximum Gasteiger partial charge on any atom is 0.0927 e. The van der Waals surface area contributed by atoms with Gasteiger partial charge in [-0.05, 0) is 19.3 Å². The third-order valence-corrected chi connectivity index (χ3v) is 2.55. The summed E-state index contributed by atoms with van der Waals surface area (Å²) >= 11 is 1.69. The van der Waals surface area contributed by atoms with Crippen LogP contribution in [-0.2, 0) is 6.42 Å². The van der Waals surface area contributed by atoms with E-state index in [0.717, 1.165) is 12.8 Å². The molecule has 1 heterocycles. The van der Waals surface area contributed by atoms with E-state index < -0.39 is 0 Å². The van der Waals surface area contributed by atoms with E-state index in [0.29, 0.717) is 5.92 Å². The third-order valence-electron chi connectivity index (χ3n) is 1.75. The van der Waals surface area contributed by atoms with Gasteiger partial charge in [0.25, 0.3) is 0 Å². The molecule has 0 fully saturated rings. The first kappa shape index (κ1) is 9.68. The molecule has 68 valence electrons. The first-order valence-corrected chi connectivity index (χ1v) is 5.13. The molecule has 1 rings (SSSR count). The zero-order valence-electron chi connectivity index (χ0n) is 7.53. The van der Waals surface area contributed by atoms with Crippen LogP contribution in [0.15, 0.2) is 11.6 Å². The average Bonchev–Trinajstić information content (AvgIpc) is 2.37. The Hall–Kier alpha value is -0.410. The van der Waals surface area contributed by atoms with Crippen molar-refractivity contribution >= 4 is 11.3 Å². The summed E-state index contributed by atoms with van der Waals surface area (Å²) in [7, 11) is 0. The zero-order valence-corrected chi connectivity index (χ0v) is 8.34. The van der Waals surface area contributed by atoms with Crippen molar-refractivity contribution in [1.29, 1.82) is 0 Å². The lowest BCUT2D eigenvalue weighted by atomic mass is 10.0. The van der Waals surface area contributed by atoms with Gasteiger partial charge in [0.2, 0.25) is 0 Å². The molecule has 1 aromatic heterocycles. The summed E-state index contributed by atoms with van der Waals surface area (Å²) in [5.41, 5.74) is 0. The van der Waals surface area contributed by atoms with Gasteiger partial charge < -0.3 is 5.11 Å². The number of rotatable bonds is 4. The molecule has 0 saturated heterocycles. The molecule has 0 saturated carbocycles. The van der Waals surface area contributed by atoms with Crippen LogP contribution in [-0.4, -0.2) is 16.2 Å². The molecule has 0 spiro atoms. The Labute approximate surface area is 77.3 Å². The van der Waals surface area contributed by atoms with Crippen LogP contribution in [0, 0.1) is 5.92 Å². The molecule has 2 atom stereocenters. The van der Waals surface area contributed by atoms with E-state index in [1.54, 1.807) is 11.3 Å². The van der Waals surface area contributed by atoms with E-state index >= 15 is 0 Å². The number of aliphatic hydroxyl groups excluding tert-OH is 1. The number of aromatic nitrogens is 1. The fourth-order valence-electron chi connectivity index (χ4n) is 1.32. The van der Waals surface area contributed by atoms with Gasteiger partial charge in [0, 0.05) is 18.0 Å². The first-order valence-electron chi connectivity index (χ1n) is 4.25. The fraction of sp³-hybridized carbons (Fsp3) is 0.667. The van der Waals surface area contributed by atoms with Gasteiger partial charge in [-0.2, -0.15) is 0 Å². The van der Waals surface area contributed by atoms with Crippen molar-refractivity contribution in [2.24, 2.45) is 5.92 Å². The van der Waals surface area contributed by atoms with Gasteiger partial charge in [-0.3, -0.25) is 0 Å². The summed E-state index contributed by atoms with van der Waals surface area (Å²) in [5.74, 6) is 0.524. The van der Waals surface area contributed by atoms with Crippen LogP contribution in [0.2, 0.25) is 0 Å². The van der Waals surface area contributed by atoms with Crippen molar-refractivity contribution in [3.8, 4) is 0 Å². The van der Waals surface area contributed by atoms with Crippen molar-refractivity contribution in [2.75, 3.05) is 0 Å². The second-order valence-electron chi connectivity index (χ2n) is 3.32. The van der Waals surface area contributed by atoms with Crippen LogP contribution in [0.4, 0.5) is 0 Å². The highest BCUT2D eigenvalue weighted by Gasteiger charge is 2.08. The fourth-order valence-corrected chi connectivity index (χ4v) is 2.10. The Morgan fingerprint density at radius 3 is 2.83 bits per heavy atom. The van der Waals surface area contributed by atoms with Gasteiger partial charge in [-0.1, -0.05) is 6.92 Å². The van der Waals surface area contributed by atoms with Crippen LogP contribution >= 0.6 is 11.3 Å². The van der Waals surface area contributed by atoms with Gasteiger partial charge in [0.05, 0.1) is 11.1 Å². The molecule has 0 aromatic carbocycles. The lowest BCUT2D eigenvalue weighted by Gasteiger charge is -2.10. The molecule has 12 heavy (non-hydrogen) atoms. The minimum Gasteiger partial charge on any atom is -0.393 e. The van der Waals surface area contributed by atoms with Crippen LogP contribution in [0.25, 0.3) is 0 Å². The SMILES string of the molecule is CC(O)CC(C)Cc1nccs1. The summed E-state index contributed by atoms with van der Waals surface area (Å²) in [4.78, 5) is 4.20. The number of aliphatic hydroxyl groups is 1. The van der Waals surface area contributed by atoms with Crippen molar-refractivity contribution in [3.05, 3.63) is 16.6 Å². The number of nitrogens with zero attached hydrogens (tertiary/aromatic N) is 1. The average molecular weight is 185 g/mol. The van der Waals surface area contributed by atoms with Crippen molar-refractivity contribution in [1.82, 2.24) is 4.98 Å². The molecule has 2 nitrogen and oxygen atoms in total. The monoisotopic (exact) mass is 185 g/mol. The molecule has 0 bridgehead atoms. The van der Waals surface area contributed by atoms with Gasteiger partial charge >= 0.3 is 0 Å². The smallest absolute Gasteiger partial charge is 0.0927 e. The van der Waals surface area contributed by atoms with Gasteiger partial charge in [-0.15, -0.1) is 11.3 Å². The van der Waals surface area contributed by atoms with E-state index in [9.17, 15) is 0 Å². The quantitative estimate of drug-likeness (QED) is 0.779. The number of hydrogen-bond donors (Lipinski definition) is 1. The Morgan fingerprint density at radius 1 is 1.58 bits per heavy atom. The summed E-state index contributed by atoms with van der Waals surface area (Å²) in [6.07, 6.45) is 3.48. The number of thiazole rings is 1. The van der Waals surface area contributed by atoms with Crippen LogP contribution < -0.4 is 0 Å². The van der Waals surface area contributed by atoms with Crippen molar-refractivity contribution in [3.63, 3.8) is 0 Å². The highest BCUT2D eigenvalue weighted by atomic mass is 32.1. The Morgan fingerprint density at radius 2 is 2.33 bits per heavy atom. The van der Waals surface area contributed by atoms with E-state index in [-0.39, 0.29) is 6.10 Å². The summed E-state index contributed by atoms with van der Waals surface area (Å²) in [6.45, 7) is 3.98. The first-order chi connectivity index (χ1) is 5.68. The van der Waals surface area contributed by atoms with E-state index in [2.05, 4.69) is 11.9 Å². The maximum atomic E-state index is 9.13. The molecule has 0 aliphatic rings. The van der Waals surface area contributed by atoms with E-state index in [1.807, 2.05) is 18.5 Å². The Kier molecular flexibility index (Phi) is 3.69. The van der Waals surface area contributed by atoms with Gasteiger partial charge in [0.15, 0.2) is 0 Å². The maximum absolute atomic E-state index is 9.13. The molecular weight excluding hydrogens is 170 g/mol. The lowest BCUT2D eigenvalue weighted by Crippen LogP contribution is -2.09. The van der Waals surface area contributed by atoms with Crippen LogP contribution in [0.3, 0.4) is 0 Å². The minimum absolute atomic E-state index is 0.194. The van der Waals surface area contributed by atoms with E-state index in [4.69, 9.17) is 5.11 Å². The minimum atomic E-state index is -0.194. The third kappa shape index (κ3) is 3.32. The molecule has 0 aliphatic heterocycles. The Balaban J connectivity index is 2.32. The molecule has 1 aromatic rings. The van der Waals surface area contributed by atoms with Crippen molar-refractivity contribution in [2.45, 2.75) is 32.8 Å². The summed E-state index contributed by atoms with van der Waals surface area (Å²) in [5, 5.41) is 12.3. The lowest BCUT2D eigenvalue weighted by molar-refractivity contribution is 0.164. The predicted molar refractivity (Wildman–Crippen MR) is 51.3 cm³/mol. The molecule has 1 N–H and O–H groups in total. The number of hydrogen-bond acceptors (Lipinski definition) is 3. The molecule has 0 amide bonds. The second kappa shape index (κ2) is 4.58. The summed E-state index contributed by atoms with van der Waals surface area (Å²) in [6, 6.07) is 0. The van der Waals surface area contributed by atoms with Gasteiger partial charge in [-0.25, -0.2) is 4.98 Å². The largest absolute Gasteiger partial charge is 0.393 e.